The highest BCUT2D eigenvalue weighted by Crippen LogP contribution is 2.42. The van der Waals surface area contributed by atoms with Crippen LogP contribution in [-0.2, 0) is 10.0 Å². The number of hydrogen-bond acceptors (Lipinski definition) is 7. The number of anilines is 2. The average molecular weight is 378 g/mol. The second-order valence-corrected chi connectivity index (χ2v) is 9.03. The summed E-state index contributed by atoms with van der Waals surface area (Å²) in [6, 6.07) is 1.80. The number of aromatic nitrogens is 2. The summed E-state index contributed by atoms with van der Waals surface area (Å²) in [4.78, 5) is 21.8. The van der Waals surface area contributed by atoms with Gasteiger partial charge < -0.3 is 5.32 Å². The molecular formula is C16H18N4O3S2. The predicted octanol–water partition coefficient (Wildman–Crippen LogP) is 2.69. The van der Waals surface area contributed by atoms with Crippen molar-refractivity contribution >= 4 is 38.1 Å². The van der Waals surface area contributed by atoms with Crippen LogP contribution in [0.1, 0.15) is 32.2 Å². The van der Waals surface area contributed by atoms with E-state index in [1.807, 2.05) is 27.7 Å². The van der Waals surface area contributed by atoms with Gasteiger partial charge in [0.2, 0.25) is 11.7 Å². The van der Waals surface area contributed by atoms with E-state index in [0.717, 1.165) is 26.1 Å². The molecule has 0 radical (unpaired) electrons. The van der Waals surface area contributed by atoms with Gasteiger partial charge in [-0.25, -0.2) is 18.4 Å². The first-order valence-electron chi connectivity index (χ1n) is 7.55. The van der Waals surface area contributed by atoms with Crippen molar-refractivity contribution in [3.8, 4) is 0 Å². The van der Waals surface area contributed by atoms with E-state index in [2.05, 4.69) is 15.3 Å². The summed E-state index contributed by atoms with van der Waals surface area (Å²) in [5, 5.41) is 3.21. The molecular weight excluding hydrogens is 360 g/mol. The van der Waals surface area contributed by atoms with Gasteiger partial charge in [0.15, 0.2) is 4.91 Å². The number of nitrogens with zero attached hydrogens (tertiary/aromatic N) is 3. The largest absolute Gasteiger partial charge is 0.329 e. The highest BCUT2D eigenvalue weighted by atomic mass is 32.2. The van der Waals surface area contributed by atoms with Crippen LogP contribution in [0.25, 0.3) is 0 Å². The molecule has 0 amide bonds. The maximum Gasteiger partial charge on any atom is 0.270 e. The number of Topliss-reactive ketones (excluding diaryl/α,β-unsaturated/α-hetero) is 1. The number of rotatable bonds is 2. The van der Waals surface area contributed by atoms with Crippen molar-refractivity contribution in [2.24, 2.45) is 0 Å². The Morgan fingerprint density at radius 3 is 2.36 bits per heavy atom. The fourth-order valence-electron chi connectivity index (χ4n) is 2.66. The minimum atomic E-state index is -3.92. The number of sulfonamides is 1. The zero-order chi connectivity index (χ0) is 18.5. The minimum Gasteiger partial charge on any atom is -0.329 e. The first-order valence-corrected chi connectivity index (χ1v) is 9.81. The van der Waals surface area contributed by atoms with E-state index in [0.29, 0.717) is 10.6 Å². The molecule has 2 aromatic rings. The molecule has 0 unspecified atom stereocenters. The van der Waals surface area contributed by atoms with Crippen LogP contribution >= 0.6 is 11.3 Å². The summed E-state index contributed by atoms with van der Waals surface area (Å²) in [6.45, 7) is 7.32. The van der Waals surface area contributed by atoms with Gasteiger partial charge in [-0.3, -0.25) is 9.10 Å². The number of ketones is 1. The number of nitrogens with one attached hydrogen (secondary N) is 1. The van der Waals surface area contributed by atoms with Crippen molar-refractivity contribution in [1.29, 1.82) is 0 Å². The van der Waals surface area contributed by atoms with Crippen molar-refractivity contribution in [1.82, 2.24) is 9.97 Å². The van der Waals surface area contributed by atoms with E-state index in [1.165, 1.54) is 24.6 Å². The monoisotopic (exact) mass is 378 g/mol. The topological polar surface area (TPSA) is 92.3 Å². The van der Waals surface area contributed by atoms with Crippen LogP contribution in [0.15, 0.2) is 17.2 Å². The zero-order valence-corrected chi connectivity index (χ0v) is 16.2. The van der Waals surface area contributed by atoms with Crippen LogP contribution in [0.5, 0.6) is 0 Å². The quantitative estimate of drug-likeness (QED) is 0.808. The Morgan fingerprint density at radius 2 is 1.76 bits per heavy atom. The molecule has 1 aliphatic heterocycles. The predicted molar refractivity (Wildman–Crippen MR) is 98.7 cm³/mol. The molecule has 3 rings (SSSR count). The highest BCUT2D eigenvalue weighted by molar-refractivity contribution is 7.98. The molecule has 0 bridgehead atoms. The fourth-order valence-corrected chi connectivity index (χ4v) is 5.23. The van der Waals surface area contributed by atoms with E-state index < -0.39 is 15.8 Å². The zero-order valence-electron chi connectivity index (χ0n) is 14.5. The number of hydrogen-bond donors (Lipinski definition) is 1. The molecule has 7 nitrogen and oxygen atoms in total. The first kappa shape index (κ1) is 17.6. The number of fused-ring (bicyclic) bond motifs is 1. The lowest BCUT2D eigenvalue weighted by atomic mass is 10.1. The summed E-state index contributed by atoms with van der Waals surface area (Å²) in [5.41, 5.74) is 2.74. The van der Waals surface area contributed by atoms with Gasteiger partial charge in [0.1, 0.15) is 5.00 Å². The van der Waals surface area contributed by atoms with Crippen LogP contribution in [0.2, 0.25) is 0 Å². The van der Waals surface area contributed by atoms with Gasteiger partial charge in [0.05, 0.1) is 5.56 Å². The van der Waals surface area contributed by atoms with Crippen LogP contribution < -0.4 is 9.62 Å². The van der Waals surface area contributed by atoms with Crippen LogP contribution in [0.4, 0.5) is 10.9 Å². The molecule has 2 aromatic heterocycles. The van der Waals surface area contributed by atoms with Crippen LogP contribution in [0.3, 0.4) is 0 Å². The molecule has 0 spiro atoms. The number of aryl methyl sites for hydroxylation is 3. The Labute approximate surface area is 150 Å². The molecule has 1 N–H and O–H groups in total. The van der Waals surface area contributed by atoms with Crippen molar-refractivity contribution < 1.29 is 13.2 Å². The van der Waals surface area contributed by atoms with Crippen molar-refractivity contribution in [3.05, 3.63) is 44.6 Å². The van der Waals surface area contributed by atoms with E-state index in [1.54, 1.807) is 6.07 Å². The normalized spacial score (nSPS) is 17.7. The van der Waals surface area contributed by atoms with E-state index in [9.17, 15) is 13.2 Å². The smallest absolute Gasteiger partial charge is 0.270 e. The van der Waals surface area contributed by atoms with Gasteiger partial charge in [-0.2, -0.15) is 0 Å². The summed E-state index contributed by atoms with van der Waals surface area (Å²) >= 11 is 1.30. The van der Waals surface area contributed by atoms with Gasteiger partial charge in [-0.05, 0) is 39.3 Å². The third-order valence-electron chi connectivity index (χ3n) is 4.06. The SMILES string of the molecule is Cc1cc(C)nc(NC=C2C(=O)c3c(sc(C)c3C)N(C)S2(=O)=O)n1. The second kappa shape index (κ2) is 5.92. The second-order valence-electron chi connectivity index (χ2n) is 5.89. The Balaban J connectivity index is 2.09. The molecule has 3 heterocycles. The molecule has 0 fully saturated rings. The molecule has 0 atom stereocenters. The Hall–Kier alpha value is -2.26. The fraction of sp³-hybridized carbons (Fsp3) is 0.312. The third kappa shape index (κ3) is 2.83. The first-order chi connectivity index (χ1) is 11.6. The Morgan fingerprint density at radius 1 is 1.16 bits per heavy atom. The summed E-state index contributed by atoms with van der Waals surface area (Å²) in [7, 11) is -2.47. The number of carbonyl (C=O) groups is 1. The van der Waals surface area contributed by atoms with E-state index in [4.69, 9.17) is 0 Å². The van der Waals surface area contributed by atoms with Crippen molar-refractivity contribution in [2.45, 2.75) is 27.7 Å². The van der Waals surface area contributed by atoms with Gasteiger partial charge in [-0.1, -0.05) is 0 Å². The highest BCUT2D eigenvalue weighted by Gasteiger charge is 2.41. The molecule has 0 aliphatic carbocycles. The summed E-state index contributed by atoms with van der Waals surface area (Å²) in [6.07, 6.45) is 1.18. The van der Waals surface area contributed by atoms with Gasteiger partial charge in [0.25, 0.3) is 10.0 Å². The molecule has 0 aromatic carbocycles. The van der Waals surface area contributed by atoms with Crippen LogP contribution in [-0.4, -0.2) is 31.2 Å². The summed E-state index contributed by atoms with van der Waals surface area (Å²) < 4.78 is 26.6. The number of allylic oxidation sites excluding steroid dienone is 1. The van der Waals surface area contributed by atoms with Gasteiger partial charge in [-0.15, -0.1) is 11.3 Å². The average Bonchev–Trinajstić information content (AvgIpc) is 2.80. The van der Waals surface area contributed by atoms with Gasteiger partial charge >= 0.3 is 0 Å². The van der Waals surface area contributed by atoms with E-state index in [-0.39, 0.29) is 10.9 Å². The standard InChI is InChI=1S/C16H18N4O3S2/c1-8-6-9(2)19-16(18-8)17-7-12-14(21)13-10(3)11(4)24-15(13)20(5)25(12,22)23/h6-7H,1-5H3,(H,17,18,19). The lowest BCUT2D eigenvalue weighted by molar-refractivity contribution is 0.104. The van der Waals surface area contributed by atoms with Crippen molar-refractivity contribution in [3.63, 3.8) is 0 Å². The van der Waals surface area contributed by atoms with E-state index >= 15 is 0 Å². The summed E-state index contributed by atoms with van der Waals surface area (Å²) in [5.74, 6) is -0.258. The van der Waals surface area contributed by atoms with Crippen molar-refractivity contribution in [2.75, 3.05) is 16.7 Å². The molecule has 9 heteroatoms. The maximum atomic E-state index is 12.8. The van der Waals surface area contributed by atoms with Gasteiger partial charge in [0, 0.05) is 29.5 Å². The Bertz CT molecular complexity index is 1000. The number of carbonyl (C=O) groups excluding carboxylic acids is 1. The van der Waals surface area contributed by atoms with Crippen LogP contribution in [0, 0.1) is 27.7 Å². The molecule has 0 saturated heterocycles. The lowest BCUT2D eigenvalue weighted by Gasteiger charge is -2.25. The lowest BCUT2D eigenvalue weighted by Crippen LogP contribution is -2.36. The molecule has 1 aliphatic rings. The molecule has 25 heavy (non-hydrogen) atoms. The minimum absolute atomic E-state index is 0.250. The number of thiophene rings is 1. The third-order valence-corrected chi connectivity index (χ3v) is 7.22. The molecule has 132 valence electrons. The molecule has 0 saturated carbocycles. The maximum absolute atomic E-state index is 12.8. The Kier molecular flexibility index (Phi) is 4.16.